The number of benzene rings is 2. The minimum Gasteiger partial charge on any atom is -0.497 e. The first-order valence-corrected chi connectivity index (χ1v) is 12.0. The fraction of sp³-hybridized carbons (Fsp3) is 0.320. The van der Waals surface area contributed by atoms with Crippen LogP contribution in [0.15, 0.2) is 60.0 Å². The normalized spacial score (nSPS) is 15.3. The van der Waals surface area contributed by atoms with Gasteiger partial charge in [-0.15, -0.1) is 0 Å². The number of aryl methyl sites for hydroxylation is 1. The molecule has 0 bridgehead atoms. The molecule has 0 saturated carbocycles. The predicted octanol–water partition coefficient (Wildman–Crippen LogP) is 4.15. The summed E-state index contributed by atoms with van der Waals surface area (Å²) in [6, 6.07) is 12.6. The Morgan fingerprint density at radius 2 is 1.94 bits per heavy atom. The largest absolute Gasteiger partial charge is 0.497 e. The molecule has 0 unspecified atom stereocenters. The van der Waals surface area contributed by atoms with Crippen LogP contribution in [0.5, 0.6) is 11.5 Å². The molecule has 1 fully saturated rings. The number of nitrogens with zero attached hydrogens (tertiary/aromatic N) is 3. The van der Waals surface area contributed by atoms with Gasteiger partial charge in [-0.3, -0.25) is 9.59 Å². The molecule has 2 heterocycles. The molecular weight excluding hydrogens is 452 g/mol. The van der Waals surface area contributed by atoms with Crippen LogP contribution >= 0.6 is 11.8 Å². The lowest BCUT2D eigenvalue weighted by Crippen LogP contribution is -2.30. The van der Waals surface area contributed by atoms with Crippen LogP contribution in [0.2, 0.25) is 0 Å². The number of ether oxygens (including phenoxy) is 2. The second kappa shape index (κ2) is 10.6. The Balaban J connectivity index is 1.42. The van der Waals surface area contributed by atoms with E-state index in [9.17, 15) is 9.59 Å². The van der Waals surface area contributed by atoms with Gasteiger partial charge in [0, 0.05) is 42.8 Å². The van der Waals surface area contributed by atoms with Crippen molar-refractivity contribution in [1.82, 2.24) is 14.5 Å². The highest BCUT2D eigenvalue weighted by Crippen LogP contribution is 2.39. The van der Waals surface area contributed by atoms with E-state index in [0.717, 1.165) is 35.1 Å². The molecule has 1 aromatic heterocycles. The Bertz CT molecular complexity index is 1160. The van der Waals surface area contributed by atoms with Crippen LogP contribution in [-0.4, -0.2) is 52.8 Å². The maximum Gasteiger partial charge on any atom is 0.254 e. The van der Waals surface area contributed by atoms with E-state index in [1.54, 1.807) is 44.7 Å². The zero-order valence-corrected chi connectivity index (χ0v) is 20.3. The Labute approximate surface area is 203 Å². The van der Waals surface area contributed by atoms with Crippen LogP contribution < -0.4 is 14.8 Å². The molecule has 34 heavy (non-hydrogen) atoms. The number of hydrogen-bond donors (Lipinski definition) is 1. The summed E-state index contributed by atoms with van der Waals surface area (Å²) in [6.07, 6.45) is 5.31. The number of amides is 2. The summed E-state index contributed by atoms with van der Waals surface area (Å²) in [5.41, 5.74) is 2.17. The summed E-state index contributed by atoms with van der Waals surface area (Å²) in [7, 11) is 5.15. The number of anilines is 1. The summed E-state index contributed by atoms with van der Waals surface area (Å²) in [4.78, 5) is 31.7. The lowest BCUT2D eigenvalue weighted by Gasteiger charge is -2.27. The van der Waals surface area contributed by atoms with Crippen molar-refractivity contribution >= 4 is 29.3 Å². The molecule has 0 aliphatic carbocycles. The number of likely N-dealkylation sites (tertiary alicyclic amines) is 1. The van der Waals surface area contributed by atoms with Gasteiger partial charge in [-0.1, -0.05) is 11.8 Å². The fourth-order valence-corrected chi connectivity index (χ4v) is 4.85. The van der Waals surface area contributed by atoms with Gasteiger partial charge in [0.1, 0.15) is 11.5 Å². The third-order valence-electron chi connectivity index (χ3n) is 5.83. The number of carbonyl (C=O) groups is 2. The van der Waals surface area contributed by atoms with Crippen LogP contribution in [0.1, 0.15) is 34.8 Å². The Morgan fingerprint density at radius 3 is 2.62 bits per heavy atom. The van der Waals surface area contributed by atoms with Gasteiger partial charge in [0.2, 0.25) is 5.91 Å². The molecule has 4 rings (SSSR count). The van der Waals surface area contributed by atoms with Gasteiger partial charge in [-0.05, 0) is 55.3 Å². The zero-order chi connectivity index (χ0) is 24.1. The summed E-state index contributed by atoms with van der Waals surface area (Å²) < 4.78 is 12.8. The Hall–Kier alpha value is -3.46. The van der Waals surface area contributed by atoms with Gasteiger partial charge >= 0.3 is 0 Å². The lowest BCUT2D eigenvalue weighted by atomic mass is 10.0. The summed E-state index contributed by atoms with van der Waals surface area (Å²) in [5.74, 6) is 1.55. The van der Waals surface area contributed by atoms with Gasteiger partial charge in [0.25, 0.3) is 5.91 Å². The van der Waals surface area contributed by atoms with Crippen molar-refractivity contribution in [3.05, 3.63) is 66.0 Å². The predicted molar refractivity (Wildman–Crippen MR) is 132 cm³/mol. The van der Waals surface area contributed by atoms with Gasteiger partial charge in [-0.2, -0.15) is 0 Å². The molecule has 3 aromatic rings. The number of nitrogens with one attached hydrogen (secondary N) is 1. The highest BCUT2D eigenvalue weighted by molar-refractivity contribution is 7.99. The highest BCUT2D eigenvalue weighted by atomic mass is 32.2. The second-order valence-corrected chi connectivity index (χ2v) is 8.94. The minimum absolute atomic E-state index is 0.0458. The molecule has 2 aromatic carbocycles. The van der Waals surface area contributed by atoms with Gasteiger partial charge < -0.3 is 24.3 Å². The quantitative estimate of drug-likeness (QED) is 0.488. The Morgan fingerprint density at radius 1 is 1.15 bits per heavy atom. The molecule has 9 heteroatoms. The third-order valence-corrected chi connectivity index (χ3v) is 6.89. The second-order valence-electron chi connectivity index (χ2n) is 8.00. The number of rotatable bonds is 8. The van der Waals surface area contributed by atoms with Crippen LogP contribution in [0.4, 0.5) is 5.69 Å². The summed E-state index contributed by atoms with van der Waals surface area (Å²) in [6.45, 7) is 0.673. The van der Waals surface area contributed by atoms with Gasteiger partial charge in [0.05, 0.1) is 26.0 Å². The molecule has 0 spiro atoms. The van der Waals surface area contributed by atoms with E-state index in [0.29, 0.717) is 17.8 Å². The van der Waals surface area contributed by atoms with E-state index in [-0.39, 0.29) is 23.6 Å². The van der Waals surface area contributed by atoms with Crippen molar-refractivity contribution in [2.45, 2.75) is 24.0 Å². The number of carbonyl (C=O) groups excluding carboxylic acids is 2. The van der Waals surface area contributed by atoms with Crippen LogP contribution in [0.25, 0.3) is 0 Å². The molecule has 1 atom stereocenters. The van der Waals surface area contributed by atoms with Crippen molar-refractivity contribution in [3.63, 3.8) is 0 Å². The average molecular weight is 481 g/mol. The van der Waals surface area contributed by atoms with E-state index in [1.807, 2.05) is 40.9 Å². The first kappa shape index (κ1) is 23.7. The van der Waals surface area contributed by atoms with Crippen LogP contribution in [0.3, 0.4) is 0 Å². The van der Waals surface area contributed by atoms with E-state index in [1.165, 1.54) is 11.8 Å². The van der Waals surface area contributed by atoms with Crippen LogP contribution in [0, 0.1) is 0 Å². The maximum atomic E-state index is 13.3. The smallest absolute Gasteiger partial charge is 0.254 e. The topological polar surface area (TPSA) is 85.7 Å². The molecule has 2 amide bonds. The molecule has 0 radical (unpaired) electrons. The van der Waals surface area contributed by atoms with E-state index in [2.05, 4.69) is 10.3 Å². The van der Waals surface area contributed by atoms with Crippen molar-refractivity contribution in [2.75, 3.05) is 31.8 Å². The molecular formula is C25H28N4O4S. The summed E-state index contributed by atoms with van der Waals surface area (Å²) in [5, 5.41) is 3.65. The monoisotopic (exact) mass is 480 g/mol. The molecule has 1 aliphatic heterocycles. The van der Waals surface area contributed by atoms with E-state index < -0.39 is 0 Å². The number of imidazole rings is 1. The number of thioether (sulfide) groups is 1. The van der Waals surface area contributed by atoms with E-state index >= 15 is 0 Å². The Kier molecular flexibility index (Phi) is 7.42. The molecule has 1 N–H and O–H groups in total. The minimum atomic E-state index is -0.128. The molecule has 178 valence electrons. The van der Waals surface area contributed by atoms with E-state index in [4.69, 9.17) is 9.47 Å². The lowest BCUT2D eigenvalue weighted by molar-refractivity contribution is -0.113. The van der Waals surface area contributed by atoms with Crippen molar-refractivity contribution in [3.8, 4) is 11.5 Å². The van der Waals surface area contributed by atoms with Gasteiger partial charge in [-0.25, -0.2) is 4.98 Å². The molecule has 1 saturated heterocycles. The first-order valence-electron chi connectivity index (χ1n) is 11.0. The van der Waals surface area contributed by atoms with Crippen molar-refractivity contribution in [1.29, 1.82) is 0 Å². The highest BCUT2D eigenvalue weighted by Gasteiger charge is 2.32. The SMILES string of the molecule is COc1ccc(OC)c([C@@H]2CCCN2C(=O)c2ccc(NC(=O)CSc3nccn3C)cc2)c1. The average Bonchev–Trinajstić information content (AvgIpc) is 3.51. The number of hydrogen-bond acceptors (Lipinski definition) is 6. The van der Waals surface area contributed by atoms with Crippen molar-refractivity contribution in [2.24, 2.45) is 7.05 Å². The number of methoxy groups -OCH3 is 2. The summed E-state index contributed by atoms with van der Waals surface area (Å²) >= 11 is 1.37. The maximum absolute atomic E-state index is 13.3. The zero-order valence-electron chi connectivity index (χ0n) is 19.5. The van der Waals surface area contributed by atoms with Gasteiger partial charge in [0.15, 0.2) is 5.16 Å². The number of aromatic nitrogens is 2. The molecule has 1 aliphatic rings. The fourth-order valence-electron chi connectivity index (χ4n) is 4.11. The van der Waals surface area contributed by atoms with Crippen molar-refractivity contribution < 1.29 is 19.1 Å². The van der Waals surface area contributed by atoms with Crippen LogP contribution in [-0.2, 0) is 11.8 Å². The first-order chi connectivity index (χ1) is 16.5. The molecule has 8 nitrogen and oxygen atoms in total. The third kappa shape index (κ3) is 5.20. The standard InChI is InChI=1S/C25H28N4O4S/c1-28-14-12-26-25(28)34-16-23(30)27-18-8-6-17(7-9-18)24(31)29-13-4-5-21(29)20-15-19(32-2)10-11-22(20)33-3/h6-12,14-15,21H,4-5,13,16H2,1-3H3,(H,27,30)/t21-/m0/s1.